The number of amides is 1. The maximum absolute atomic E-state index is 12.3. The molecule has 0 radical (unpaired) electrons. The molecule has 0 aliphatic heterocycles. The van der Waals surface area contributed by atoms with E-state index in [1.807, 2.05) is 19.1 Å². The minimum Gasteiger partial charge on any atom is -0.469 e. The van der Waals surface area contributed by atoms with Gasteiger partial charge in [-0.1, -0.05) is 11.6 Å². The van der Waals surface area contributed by atoms with Gasteiger partial charge in [0.1, 0.15) is 5.76 Å². The van der Waals surface area contributed by atoms with Crippen LogP contribution >= 0.6 is 22.9 Å². The monoisotopic (exact) mass is 283 g/mol. The van der Waals surface area contributed by atoms with Gasteiger partial charge in [-0.25, -0.2) is 0 Å². The topological polar surface area (TPSA) is 33.5 Å². The largest absolute Gasteiger partial charge is 0.469 e. The van der Waals surface area contributed by atoms with Gasteiger partial charge in [-0.2, -0.15) is 0 Å². The van der Waals surface area contributed by atoms with Crippen molar-refractivity contribution in [2.75, 3.05) is 6.54 Å². The summed E-state index contributed by atoms with van der Waals surface area (Å²) in [6, 6.07) is 5.51. The van der Waals surface area contributed by atoms with Gasteiger partial charge in [0.25, 0.3) is 5.91 Å². The molecule has 0 saturated heterocycles. The molecule has 0 unspecified atom stereocenters. The molecule has 2 aromatic heterocycles. The van der Waals surface area contributed by atoms with E-state index in [1.165, 1.54) is 11.3 Å². The lowest BCUT2D eigenvalue weighted by atomic mass is 10.2. The van der Waals surface area contributed by atoms with Crippen molar-refractivity contribution in [1.82, 2.24) is 4.90 Å². The van der Waals surface area contributed by atoms with E-state index in [0.29, 0.717) is 24.4 Å². The Hall–Kier alpha value is -1.26. The Labute approximate surface area is 115 Å². The maximum atomic E-state index is 12.3. The number of halogens is 1. The van der Waals surface area contributed by atoms with Crippen molar-refractivity contribution in [3.05, 3.63) is 45.0 Å². The summed E-state index contributed by atoms with van der Waals surface area (Å²) < 4.78 is 5.91. The van der Waals surface area contributed by atoms with E-state index < -0.39 is 0 Å². The molecular formula is C13H14ClNO2S. The summed E-state index contributed by atoms with van der Waals surface area (Å²) in [6.45, 7) is 4.99. The predicted octanol–water partition coefficient (Wildman–Crippen LogP) is 3.97. The number of rotatable bonds is 4. The van der Waals surface area contributed by atoms with Crippen molar-refractivity contribution in [3.8, 4) is 0 Å². The Kier molecular flexibility index (Phi) is 4.09. The SMILES string of the molecule is CCN(Cc1ccc(Cl)s1)C(=O)c1ccoc1C. The molecule has 3 nitrogen and oxygen atoms in total. The molecule has 5 heteroatoms. The third-order valence-corrected chi connectivity index (χ3v) is 3.95. The number of carbonyl (C=O) groups is 1. The number of furan rings is 1. The van der Waals surface area contributed by atoms with Gasteiger partial charge in [0.15, 0.2) is 0 Å². The fraction of sp³-hybridized carbons (Fsp3) is 0.308. The summed E-state index contributed by atoms with van der Waals surface area (Å²) in [5.74, 6) is 0.649. The van der Waals surface area contributed by atoms with Crippen LogP contribution in [-0.4, -0.2) is 17.4 Å². The molecule has 0 aliphatic carbocycles. The number of thiophene rings is 1. The predicted molar refractivity (Wildman–Crippen MR) is 73.2 cm³/mol. The summed E-state index contributed by atoms with van der Waals surface area (Å²) in [7, 11) is 0. The molecule has 0 aromatic carbocycles. The molecule has 18 heavy (non-hydrogen) atoms. The van der Waals surface area contributed by atoms with Gasteiger partial charge in [0, 0.05) is 11.4 Å². The average molecular weight is 284 g/mol. The number of hydrogen-bond donors (Lipinski definition) is 0. The Morgan fingerprint density at radius 3 is 2.72 bits per heavy atom. The van der Waals surface area contributed by atoms with E-state index in [4.69, 9.17) is 16.0 Å². The minimum atomic E-state index is -0.00623. The van der Waals surface area contributed by atoms with Gasteiger partial charge < -0.3 is 9.32 Å². The standard InChI is InChI=1S/C13H14ClNO2S/c1-3-15(8-10-4-5-12(14)18-10)13(16)11-6-7-17-9(11)2/h4-7H,3,8H2,1-2H3. The highest BCUT2D eigenvalue weighted by atomic mass is 35.5. The maximum Gasteiger partial charge on any atom is 0.257 e. The van der Waals surface area contributed by atoms with E-state index in [9.17, 15) is 4.79 Å². The highest BCUT2D eigenvalue weighted by Gasteiger charge is 2.18. The van der Waals surface area contributed by atoms with Crippen LogP contribution in [0.1, 0.15) is 27.9 Å². The molecular weight excluding hydrogens is 270 g/mol. The molecule has 0 saturated carbocycles. The van der Waals surface area contributed by atoms with Crippen molar-refractivity contribution < 1.29 is 9.21 Å². The highest BCUT2D eigenvalue weighted by Crippen LogP contribution is 2.23. The fourth-order valence-corrected chi connectivity index (χ4v) is 2.83. The zero-order valence-electron chi connectivity index (χ0n) is 10.3. The van der Waals surface area contributed by atoms with Crippen LogP contribution in [0.15, 0.2) is 28.9 Å². The van der Waals surface area contributed by atoms with Crippen LogP contribution in [0.4, 0.5) is 0 Å². The van der Waals surface area contributed by atoms with Crippen molar-refractivity contribution >= 4 is 28.8 Å². The van der Waals surface area contributed by atoms with Gasteiger partial charge in [-0.3, -0.25) is 4.79 Å². The molecule has 1 amide bonds. The first-order chi connectivity index (χ1) is 8.61. The second-order valence-corrected chi connectivity index (χ2v) is 5.72. The van der Waals surface area contributed by atoms with E-state index in [1.54, 1.807) is 24.2 Å². The van der Waals surface area contributed by atoms with Crippen LogP contribution in [0.25, 0.3) is 0 Å². The van der Waals surface area contributed by atoms with Crippen molar-refractivity contribution in [1.29, 1.82) is 0 Å². The summed E-state index contributed by atoms with van der Waals surface area (Å²) in [5, 5.41) is 0. The lowest BCUT2D eigenvalue weighted by molar-refractivity contribution is 0.0752. The van der Waals surface area contributed by atoms with Gasteiger partial charge in [-0.15, -0.1) is 11.3 Å². The first kappa shape index (κ1) is 13.2. The summed E-state index contributed by atoms with van der Waals surface area (Å²) in [4.78, 5) is 15.2. The third-order valence-electron chi connectivity index (χ3n) is 2.73. The molecule has 2 heterocycles. The number of hydrogen-bond acceptors (Lipinski definition) is 3. The fourth-order valence-electron chi connectivity index (χ4n) is 1.73. The van der Waals surface area contributed by atoms with Crippen molar-refractivity contribution in [3.63, 3.8) is 0 Å². The van der Waals surface area contributed by atoms with Gasteiger partial charge in [0.2, 0.25) is 0 Å². The molecule has 0 N–H and O–H groups in total. The molecule has 0 spiro atoms. The zero-order chi connectivity index (χ0) is 13.1. The number of nitrogens with zero attached hydrogens (tertiary/aromatic N) is 1. The summed E-state index contributed by atoms with van der Waals surface area (Å²) in [5.41, 5.74) is 0.625. The van der Waals surface area contributed by atoms with Gasteiger partial charge >= 0.3 is 0 Å². The number of aryl methyl sites for hydroxylation is 1. The zero-order valence-corrected chi connectivity index (χ0v) is 11.8. The summed E-state index contributed by atoms with van der Waals surface area (Å²) >= 11 is 7.39. The Morgan fingerprint density at radius 2 is 2.22 bits per heavy atom. The lowest BCUT2D eigenvalue weighted by Gasteiger charge is -2.19. The minimum absolute atomic E-state index is 0.00623. The first-order valence-electron chi connectivity index (χ1n) is 5.69. The smallest absolute Gasteiger partial charge is 0.257 e. The van der Waals surface area contributed by atoms with E-state index >= 15 is 0 Å². The molecule has 96 valence electrons. The van der Waals surface area contributed by atoms with Crippen LogP contribution in [0.2, 0.25) is 4.34 Å². The Balaban J connectivity index is 2.14. The van der Waals surface area contributed by atoms with E-state index in [2.05, 4.69) is 0 Å². The second kappa shape index (κ2) is 5.59. The normalized spacial score (nSPS) is 10.6. The van der Waals surface area contributed by atoms with Crippen LogP contribution in [0, 0.1) is 6.92 Å². The van der Waals surface area contributed by atoms with Crippen LogP contribution in [0.5, 0.6) is 0 Å². The van der Waals surface area contributed by atoms with E-state index in [0.717, 1.165) is 9.21 Å². The van der Waals surface area contributed by atoms with E-state index in [-0.39, 0.29) is 5.91 Å². The molecule has 0 fully saturated rings. The third kappa shape index (κ3) is 2.76. The number of carbonyl (C=O) groups excluding carboxylic acids is 1. The van der Waals surface area contributed by atoms with Gasteiger partial charge in [-0.05, 0) is 32.0 Å². The second-order valence-electron chi connectivity index (χ2n) is 3.92. The van der Waals surface area contributed by atoms with Gasteiger partial charge in [0.05, 0.1) is 22.7 Å². The molecule has 2 aromatic rings. The first-order valence-corrected chi connectivity index (χ1v) is 6.89. The molecule has 0 aliphatic rings. The van der Waals surface area contributed by atoms with Crippen LogP contribution in [-0.2, 0) is 6.54 Å². The highest BCUT2D eigenvalue weighted by molar-refractivity contribution is 7.16. The lowest BCUT2D eigenvalue weighted by Crippen LogP contribution is -2.30. The van der Waals surface area contributed by atoms with Crippen molar-refractivity contribution in [2.24, 2.45) is 0 Å². The quantitative estimate of drug-likeness (QED) is 0.851. The van der Waals surface area contributed by atoms with Crippen LogP contribution < -0.4 is 0 Å². The summed E-state index contributed by atoms with van der Waals surface area (Å²) in [6.07, 6.45) is 1.54. The Morgan fingerprint density at radius 1 is 1.44 bits per heavy atom. The molecule has 2 rings (SSSR count). The van der Waals surface area contributed by atoms with Crippen LogP contribution in [0.3, 0.4) is 0 Å². The molecule has 0 atom stereocenters. The Bertz CT molecular complexity index is 547. The average Bonchev–Trinajstić information content (AvgIpc) is 2.94. The molecule has 0 bridgehead atoms. The van der Waals surface area contributed by atoms with Crippen molar-refractivity contribution in [2.45, 2.75) is 20.4 Å².